The smallest absolute Gasteiger partial charge is 0.304 e. The van der Waals surface area contributed by atoms with Crippen LogP contribution in [0.2, 0.25) is 0 Å². The molecule has 0 aromatic heterocycles. The van der Waals surface area contributed by atoms with Gasteiger partial charge in [0.15, 0.2) is 0 Å². The van der Waals surface area contributed by atoms with Crippen molar-refractivity contribution in [1.82, 2.24) is 0 Å². The van der Waals surface area contributed by atoms with E-state index in [1.54, 1.807) is 0 Å². The van der Waals surface area contributed by atoms with E-state index in [-0.39, 0.29) is 24.0 Å². The van der Waals surface area contributed by atoms with Crippen LogP contribution in [-0.4, -0.2) is 36.0 Å². The predicted octanol–water partition coefficient (Wildman–Crippen LogP) is 0.528. The Morgan fingerprint density at radius 3 is 2.71 bits per heavy atom. The monoisotopic (exact) mass is 220 g/mol. The van der Waals surface area contributed by atoms with Crippen molar-refractivity contribution in [3.8, 4) is 0 Å². The van der Waals surface area contributed by atoms with Crippen LogP contribution in [0.15, 0.2) is 0 Å². The molecule has 0 bridgehead atoms. The van der Waals surface area contributed by atoms with Gasteiger partial charge in [0.2, 0.25) is 6.29 Å². The molecule has 0 aliphatic carbocycles. The number of hydrogen-bond acceptors (Lipinski definition) is 6. The molecule has 0 radical (unpaired) electrons. The Morgan fingerprint density at radius 1 is 1.43 bits per heavy atom. The first-order chi connectivity index (χ1) is 6.58. The van der Waals surface area contributed by atoms with Crippen molar-refractivity contribution < 1.29 is 23.8 Å². The molecular formula is C8H12O5S. The summed E-state index contributed by atoms with van der Waals surface area (Å²) in [6.07, 6.45) is -0.516. The lowest BCUT2D eigenvalue weighted by molar-refractivity contribution is -0.174. The lowest BCUT2D eigenvalue weighted by atomic mass is 10.7. The third kappa shape index (κ3) is 3.97. The van der Waals surface area contributed by atoms with Crippen molar-refractivity contribution >= 4 is 23.7 Å². The molecule has 0 saturated carbocycles. The van der Waals surface area contributed by atoms with Crippen molar-refractivity contribution in [1.29, 1.82) is 0 Å². The second-order valence-corrected chi connectivity index (χ2v) is 3.93. The quantitative estimate of drug-likeness (QED) is 0.646. The molecule has 1 aliphatic rings. The topological polar surface area (TPSA) is 61.8 Å². The molecule has 5 nitrogen and oxygen atoms in total. The SMILES string of the molecule is CC(=O)OC[C@@H]1O[C@@H](OC(C)=O)CS1. The minimum atomic E-state index is -0.516. The summed E-state index contributed by atoms with van der Waals surface area (Å²) >= 11 is 1.46. The van der Waals surface area contributed by atoms with E-state index < -0.39 is 6.29 Å². The maximum atomic E-state index is 10.6. The van der Waals surface area contributed by atoms with Crippen molar-refractivity contribution in [2.45, 2.75) is 25.6 Å². The first-order valence-electron chi connectivity index (χ1n) is 4.15. The molecule has 0 spiro atoms. The van der Waals surface area contributed by atoms with Gasteiger partial charge in [0.1, 0.15) is 12.0 Å². The number of hydrogen-bond donors (Lipinski definition) is 0. The van der Waals surface area contributed by atoms with E-state index in [1.807, 2.05) is 0 Å². The first kappa shape index (κ1) is 11.3. The molecule has 80 valence electrons. The summed E-state index contributed by atoms with van der Waals surface area (Å²) in [7, 11) is 0. The highest BCUT2D eigenvalue weighted by molar-refractivity contribution is 8.00. The summed E-state index contributed by atoms with van der Waals surface area (Å²) in [6, 6.07) is 0. The van der Waals surface area contributed by atoms with Crippen LogP contribution in [0.4, 0.5) is 0 Å². The average molecular weight is 220 g/mol. The van der Waals surface area contributed by atoms with Gasteiger partial charge < -0.3 is 14.2 Å². The molecule has 0 N–H and O–H groups in total. The van der Waals surface area contributed by atoms with Gasteiger partial charge in [-0.25, -0.2) is 0 Å². The van der Waals surface area contributed by atoms with E-state index in [9.17, 15) is 9.59 Å². The second kappa shape index (κ2) is 5.21. The van der Waals surface area contributed by atoms with E-state index in [4.69, 9.17) is 14.2 Å². The van der Waals surface area contributed by atoms with Crippen LogP contribution in [0, 0.1) is 0 Å². The van der Waals surface area contributed by atoms with E-state index in [0.29, 0.717) is 5.75 Å². The van der Waals surface area contributed by atoms with Gasteiger partial charge in [-0.05, 0) is 0 Å². The zero-order chi connectivity index (χ0) is 10.6. The van der Waals surface area contributed by atoms with Crippen molar-refractivity contribution in [3.05, 3.63) is 0 Å². The van der Waals surface area contributed by atoms with E-state index in [0.717, 1.165) is 0 Å². The molecule has 1 fully saturated rings. The molecule has 1 heterocycles. The highest BCUT2D eigenvalue weighted by Crippen LogP contribution is 2.25. The van der Waals surface area contributed by atoms with Gasteiger partial charge in [0, 0.05) is 13.8 Å². The first-order valence-corrected chi connectivity index (χ1v) is 5.20. The fraction of sp³-hybridized carbons (Fsp3) is 0.750. The summed E-state index contributed by atoms with van der Waals surface area (Å²) in [4.78, 5) is 21.1. The van der Waals surface area contributed by atoms with Crippen molar-refractivity contribution in [2.75, 3.05) is 12.4 Å². The molecule has 2 atom stereocenters. The van der Waals surface area contributed by atoms with E-state index >= 15 is 0 Å². The van der Waals surface area contributed by atoms with Gasteiger partial charge in [0.05, 0.1) is 5.75 Å². The normalized spacial score (nSPS) is 25.9. The zero-order valence-electron chi connectivity index (χ0n) is 8.02. The Labute approximate surface area is 86.1 Å². The van der Waals surface area contributed by atoms with Crippen LogP contribution < -0.4 is 0 Å². The largest absolute Gasteiger partial charge is 0.462 e. The van der Waals surface area contributed by atoms with Crippen LogP contribution in [0.25, 0.3) is 0 Å². The number of carbonyl (C=O) groups is 2. The van der Waals surface area contributed by atoms with Gasteiger partial charge >= 0.3 is 11.9 Å². The fourth-order valence-corrected chi connectivity index (χ4v) is 1.84. The molecule has 0 unspecified atom stereocenters. The summed E-state index contributed by atoms with van der Waals surface area (Å²) in [5.41, 5.74) is -0.233. The summed E-state index contributed by atoms with van der Waals surface area (Å²) in [6.45, 7) is 2.86. The predicted molar refractivity (Wildman–Crippen MR) is 49.5 cm³/mol. The van der Waals surface area contributed by atoms with Crippen LogP contribution in [0.1, 0.15) is 13.8 Å². The molecule has 0 amide bonds. The second-order valence-electron chi connectivity index (χ2n) is 2.74. The lowest BCUT2D eigenvalue weighted by Gasteiger charge is -2.11. The molecule has 0 aromatic rings. The molecule has 6 heteroatoms. The lowest BCUT2D eigenvalue weighted by Crippen LogP contribution is -2.21. The van der Waals surface area contributed by atoms with Gasteiger partial charge in [-0.3, -0.25) is 9.59 Å². The molecule has 1 saturated heterocycles. The maximum Gasteiger partial charge on any atom is 0.304 e. The van der Waals surface area contributed by atoms with E-state index in [2.05, 4.69) is 0 Å². The minimum absolute atomic E-state index is 0.192. The minimum Gasteiger partial charge on any atom is -0.462 e. The Hall–Kier alpha value is -0.750. The summed E-state index contributed by atoms with van der Waals surface area (Å²) in [5.74, 6) is -0.139. The molecule has 1 rings (SSSR count). The Morgan fingerprint density at radius 2 is 2.14 bits per heavy atom. The molecule has 14 heavy (non-hydrogen) atoms. The van der Waals surface area contributed by atoms with Crippen LogP contribution in [0.3, 0.4) is 0 Å². The summed E-state index contributed by atoms with van der Waals surface area (Å²) < 4.78 is 14.8. The summed E-state index contributed by atoms with van der Waals surface area (Å²) in [5, 5.41) is 0. The number of carbonyl (C=O) groups excluding carboxylic acids is 2. The van der Waals surface area contributed by atoms with Gasteiger partial charge in [-0.15, -0.1) is 11.8 Å². The van der Waals surface area contributed by atoms with Crippen molar-refractivity contribution in [2.24, 2.45) is 0 Å². The highest BCUT2D eigenvalue weighted by Gasteiger charge is 2.28. The number of rotatable bonds is 3. The number of ether oxygens (including phenoxy) is 3. The highest BCUT2D eigenvalue weighted by atomic mass is 32.2. The zero-order valence-corrected chi connectivity index (χ0v) is 8.83. The average Bonchev–Trinajstić information content (AvgIpc) is 2.47. The Bertz CT molecular complexity index is 230. The van der Waals surface area contributed by atoms with E-state index in [1.165, 1.54) is 25.6 Å². The van der Waals surface area contributed by atoms with Crippen LogP contribution >= 0.6 is 11.8 Å². The molecular weight excluding hydrogens is 208 g/mol. The fourth-order valence-electron chi connectivity index (χ4n) is 0.953. The molecule has 1 aliphatic heterocycles. The standard InChI is InChI=1S/C8H12O5S/c1-5(9)11-3-8-13-7(4-14-8)12-6(2)10/h7-8H,3-4H2,1-2H3/t7-,8-/m1/s1. The van der Waals surface area contributed by atoms with Gasteiger partial charge in [-0.1, -0.05) is 0 Å². The van der Waals surface area contributed by atoms with Crippen LogP contribution in [0.5, 0.6) is 0 Å². The third-order valence-corrected chi connectivity index (χ3v) is 2.53. The maximum absolute atomic E-state index is 10.6. The van der Waals surface area contributed by atoms with Gasteiger partial charge in [0.25, 0.3) is 0 Å². The third-order valence-electron chi connectivity index (χ3n) is 1.44. The molecule has 0 aromatic carbocycles. The number of esters is 2. The number of thioether (sulfide) groups is 1. The Balaban J connectivity index is 2.20. The Kier molecular flexibility index (Phi) is 4.21. The van der Waals surface area contributed by atoms with Gasteiger partial charge in [-0.2, -0.15) is 0 Å². The van der Waals surface area contributed by atoms with Crippen molar-refractivity contribution in [3.63, 3.8) is 0 Å². The van der Waals surface area contributed by atoms with Crippen LogP contribution in [-0.2, 0) is 23.8 Å².